The smallest absolute Gasteiger partial charge is 0.123 e. The van der Waals surface area contributed by atoms with E-state index in [1.54, 1.807) is 13.0 Å². The highest BCUT2D eigenvalue weighted by molar-refractivity contribution is 5.26. The normalized spacial score (nSPS) is 11.9. The fraction of sp³-hybridized carbons (Fsp3) is 0.333. The van der Waals surface area contributed by atoms with Crippen LogP contribution in [0.5, 0.6) is 0 Å². The van der Waals surface area contributed by atoms with E-state index in [9.17, 15) is 4.39 Å². The Kier molecular flexibility index (Phi) is 3.45. The number of azide groups is 1. The van der Waals surface area contributed by atoms with E-state index in [1.165, 1.54) is 12.1 Å². The van der Waals surface area contributed by atoms with Crippen molar-refractivity contribution in [3.63, 3.8) is 0 Å². The molecule has 1 aromatic rings. The average Bonchev–Trinajstić information content (AvgIpc) is 2.12. The van der Waals surface area contributed by atoms with Crippen molar-refractivity contribution < 1.29 is 9.50 Å². The van der Waals surface area contributed by atoms with Gasteiger partial charge >= 0.3 is 0 Å². The summed E-state index contributed by atoms with van der Waals surface area (Å²) in [4.78, 5) is 2.59. The quantitative estimate of drug-likeness (QED) is 0.449. The van der Waals surface area contributed by atoms with Gasteiger partial charge in [-0.15, -0.1) is 0 Å². The maximum absolute atomic E-state index is 12.9. The van der Waals surface area contributed by atoms with Gasteiger partial charge in [0.1, 0.15) is 5.82 Å². The lowest BCUT2D eigenvalue weighted by Gasteiger charge is -2.08. The van der Waals surface area contributed by atoms with Crippen molar-refractivity contribution >= 4 is 0 Å². The van der Waals surface area contributed by atoms with Crippen LogP contribution in [0.15, 0.2) is 23.3 Å². The minimum Gasteiger partial charge on any atom is -0.396 e. The molecule has 14 heavy (non-hydrogen) atoms. The third kappa shape index (κ3) is 2.45. The Morgan fingerprint density at radius 2 is 2.29 bits per heavy atom. The number of hydrogen-bond donors (Lipinski definition) is 1. The minimum atomic E-state index is -0.714. The zero-order valence-corrected chi connectivity index (χ0v) is 7.68. The number of aliphatic hydroxyl groups excluding tert-OH is 1. The molecular formula is C9H10FN3O. The number of rotatable bonds is 3. The van der Waals surface area contributed by atoms with Gasteiger partial charge in [0.05, 0.1) is 12.6 Å². The lowest BCUT2D eigenvalue weighted by atomic mass is 10.1. The molecular weight excluding hydrogens is 185 g/mol. The summed E-state index contributed by atoms with van der Waals surface area (Å²) >= 11 is 0. The summed E-state index contributed by atoms with van der Waals surface area (Å²) in [5.74, 6) is -0.397. The molecule has 0 aliphatic carbocycles. The molecule has 0 radical (unpaired) electrons. The topological polar surface area (TPSA) is 69.0 Å². The third-order valence-electron chi connectivity index (χ3n) is 1.81. The molecule has 1 atom stereocenters. The summed E-state index contributed by atoms with van der Waals surface area (Å²) in [5, 5.41) is 12.3. The van der Waals surface area contributed by atoms with Gasteiger partial charge in [-0.3, -0.25) is 0 Å². The molecule has 0 amide bonds. The van der Waals surface area contributed by atoms with E-state index in [4.69, 9.17) is 10.6 Å². The third-order valence-corrected chi connectivity index (χ3v) is 1.81. The Balaban J connectivity index is 3.09. The van der Waals surface area contributed by atoms with Crippen LogP contribution in [0.2, 0.25) is 0 Å². The van der Waals surface area contributed by atoms with Crippen molar-refractivity contribution in [2.45, 2.75) is 13.0 Å². The Morgan fingerprint density at radius 3 is 2.79 bits per heavy atom. The molecule has 1 rings (SSSR count). The Bertz CT molecular complexity index is 354. The van der Waals surface area contributed by atoms with Crippen LogP contribution in [0.25, 0.3) is 10.4 Å². The minimum absolute atomic E-state index is 0.326. The molecule has 0 aliphatic heterocycles. The second-order valence-corrected chi connectivity index (χ2v) is 2.97. The van der Waals surface area contributed by atoms with E-state index in [2.05, 4.69) is 10.0 Å². The van der Waals surface area contributed by atoms with Gasteiger partial charge in [-0.1, -0.05) is 11.2 Å². The van der Waals surface area contributed by atoms with E-state index in [-0.39, 0.29) is 6.61 Å². The van der Waals surface area contributed by atoms with Crippen molar-refractivity contribution in [3.8, 4) is 0 Å². The Morgan fingerprint density at radius 1 is 1.57 bits per heavy atom. The molecule has 0 spiro atoms. The van der Waals surface area contributed by atoms with Crippen LogP contribution in [0, 0.1) is 12.7 Å². The summed E-state index contributed by atoms with van der Waals surface area (Å²) < 4.78 is 12.9. The second-order valence-electron chi connectivity index (χ2n) is 2.97. The predicted molar refractivity (Wildman–Crippen MR) is 50.1 cm³/mol. The van der Waals surface area contributed by atoms with Crippen LogP contribution in [-0.2, 0) is 0 Å². The molecule has 0 aliphatic rings. The molecule has 0 saturated carbocycles. The summed E-state index contributed by atoms with van der Waals surface area (Å²) in [6.45, 7) is 1.41. The van der Waals surface area contributed by atoms with Crippen LogP contribution in [0.4, 0.5) is 4.39 Å². The highest BCUT2D eigenvalue weighted by atomic mass is 19.1. The molecule has 5 heteroatoms. The fourth-order valence-corrected chi connectivity index (χ4v) is 1.23. The van der Waals surface area contributed by atoms with Crippen molar-refractivity contribution in [3.05, 3.63) is 45.6 Å². The number of halogens is 1. The van der Waals surface area contributed by atoms with Gasteiger partial charge in [-0.05, 0) is 35.7 Å². The monoisotopic (exact) mass is 195 g/mol. The summed E-state index contributed by atoms with van der Waals surface area (Å²) in [6, 6.07) is 3.59. The molecule has 4 nitrogen and oxygen atoms in total. The van der Waals surface area contributed by atoms with Gasteiger partial charge in [0.2, 0.25) is 0 Å². The molecule has 1 unspecified atom stereocenters. The van der Waals surface area contributed by atoms with Crippen molar-refractivity contribution in [2.24, 2.45) is 5.11 Å². The van der Waals surface area contributed by atoms with Gasteiger partial charge in [0.15, 0.2) is 0 Å². The Labute approximate surface area is 80.6 Å². The van der Waals surface area contributed by atoms with Crippen LogP contribution >= 0.6 is 0 Å². The lowest BCUT2D eigenvalue weighted by molar-refractivity contribution is 0.267. The van der Waals surface area contributed by atoms with E-state index in [0.29, 0.717) is 5.56 Å². The number of aryl methyl sites for hydroxylation is 1. The SMILES string of the molecule is Cc1cc(F)cc(C(CO)N=[N+]=[N-])c1. The van der Waals surface area contributed by atoms with E-state index >= 15 is 0 Å². The maximum atomic E-state index is 12.9. The first kappa shape index (κ1) is 10.5. The van der Waals surface area contributed by atoms with E-state index in [1.807, 2.05) is 0 Å². The van der Waals surface area contributed by atoms with Gasteiger partial charge in [0.25, 0.3) is 0 Å². The summed E-state index contributed by atoms with van der Waals surface area (Å²) in [6.07, 6.45) is 0. The summed E-state index contributed by atoms with van der Waals surface area (Å²) in [7, 11) is 0. The highest BCUT2D eigenvalue weighted by Crippen LogP contribution is 2.19. The predicted octanol–water partition coefficient (Wildman–Crippen LogP) is 2.48. The largest absolute Gasteiger partial charge is 0.396 e. The number of nitrogens with zero attached hydrogens (tertiary/aromatic N) is 3. The van der Waals surface area contributed by atoms with Crippen molar-refractivity contribution in [1.82, 2.24) is 0 Å². The van der Waals surface area contributed by atoms with Gasteiger partial charge < -0.3 is 5.11 Å². The molecule has 0 fully saturated rings. The first-order valence-corrected chi connectivity index (χ1v) is 4.09. The zero-order valence-electron chi connectivity index (χ0n) is 7.68. The number of benzene rings is 1. The van der Waals surface area contributed by atoms with E-state index in [0.717, 1.165) is 5.56 Å². The number of hydrogen-bond acceptors (Lipinski definition) is 2. The second kappa shape index (κ2) is 4.60. The molecule has 1 N–H and O–H groups in total. The van der Waals surface area contributed by atoms with Gasteiger partial charge in [-0.2, -0.15) is 0 Å². The fourth-order valence-electron chi connectivity index (χ4n) is 1.23. The molecule has 0 bridgehead atoms. The standard InChI is InChI=1S/C9H10FN3O/c1-6-2-7(4-8(10)3-6)9(5-14)12-13-11/h2-4,9,14H,5H2,1H3. The first-order valence-electron chi connectivity index (χ1n) is 4.09. The van der Waals surface area contributed by atoms with Crippen LogP contribution in [0.1, 0.15) is 17.2 Å². The Hall–Kier alpha value is -1.58. The highest BCUT2D eigenvalue weighted by Gasteiger charge is 2.09. The first-order chi connectivity index (χ1) is 6.67. The van der Waals surface area contributed by atoms with Gasteiger partial charge in [0, 0.05) is 4.91 Å². The average molecular weight is 195 g/mol. The number of aliphatic hydroxyl groups is 1. The molecule has 74 valence electrons. The van der Waals surface area contributed by atoms with Gasteiger partial charge in [-0.25, -0.2) is 4.39 Å². The van der Waals surface area contributed by atoms with Crippen LogP contribution < -0.4 is 0 Å². The molecule has 1 aromatic carbocycles. The molecule has 0 saturated heterocycles. The molecule has 0 aromatic heterocycles. The van der Waals surface area contributed by atoms with Crippen molar-refractivity contribution in [1.29, 1.82) is 0 Å². The van der Waals surface area contributed by atoms with Crippen molar-refractivity contribution in [2.75, 3.05) is 6.61 Å². The zero-order chi connectivity index (χ0) is 10.6. The maximum Gasteiger partial charge on any atom is 0.123 e. The summed E-state index contributed by atoms with van der Waals surface area (Å²) in [5.41, 5.74) is 9.44. The lowest BCUT2D eigenvalue weighted by Crippen LogP contribution is -2.01. The van der Waals surface area contributed by atoms with Crippen LogP contribution in [-0.4, -0.2) is 11.7 Å². The van der Waals surface area contributed by atoms with Crippen LogP contribution in [0.3, 0.4) is 0 Å². The molecule has 0 heterocycles. The van der Waals surface area contributed by atoms with E-state index < -0.39 is 11.9 Å².